The number of hydrogen-bond donors (Lipinski definition) is 0. The molecule has 0 saturated carbocycles. The number of rotatable bonds is 6. The highest BCUT2D eigenvalue weighted by Gasteiger charge is 2.14. The van der Waals surface area contributed by atoms with Crippen molar-refractivity contribution in [1.82, 2.24) is 4.57 Å². The molecule has 0 unspecified atom stereocenters. The maximum Gasteiger partial charge on any atom is 0.279 e. The standard InChI is InChI=1S/C19H19N3O4S/c1-3-26-11-10-21-16-12-14(22(24)25)8-9-17(16)27-19(21)20-18(23)15-7-5-4-6-13(15)2/h4-9,12H,3,10-11H2,1-2H3. The van der Waals surface area contributed by atoms with E-state index in [-0.39, 0.29) is 11.6 Å². The van der Waals surface area contributed by atoms with Crippen LogP contribution in [0.15, 0.2) is 47.5 Å². The number of fused-ring (bicyclic) bond motifs is 1. The molecular weight excluding hydrogens is 366 g/mol. The highest BCUT2D eigenvalue weighted by atomic mass is 32.1. The number of thiazole rings is 1. The fourth-order valence-corrected chi connectivity index (χ4v) is 3.77. The molecule has 3 rings (SSSR count). The summed E-state index contributed by atoms with van der Waals surface area (Å²) in [6.07, 6.45) is 0. The third-order valence-corrected chi connectivity index (χ3v) is 5.17. The lowest BCUT2D eigenvalue weighted by atomic mass is 10.1. The smallest absolute Gasteiger partial charge is 0.279 e. The number of aryl methyl sites for hydroxylation is 1. The van der Waals surface area contributed by atoms with Crippen LogP contribution in [0, 0.1) is 17.0 Å². The fraction of sp³-hybridized carbons (Fsp3) is 0.263. The van der Waals surface area contributed by atoms with E-state index in [1.807, 2.05) is 26.0 Å². The minimum absolute atomic E-state index is 0.00207. The molecule has 0 radical (unpaired) electrons. The number of benzene rings is 2. The van der Waals surface area contributed by atoms with Gasteiger partial charge in [0.05, 0.1) is 21.7 Å². The molecule has 0 aliphatic carbocycles. The van der Waals surface area contributed by atoms with Gasteiger partial charge in [-0.1, -0.05) is 29.5 Å². The maximum absolute atomic E-state index is 12.7. The summed E-state index contributed by atoms with van der Waals surface area (Å²) in [5, 5.41) is 11.1. The number of carbonyl (C=O) groups is 1. The Hall–Kier alpha value is -2.84. The number of hydrogen-bond acceptors (Lipinski definition) is 5. The average molecular weight is 385 g/mol. The van der Waals surface area contributed by atoms with Crippen LogP contribution in [0.2, 0.25) is 0 Å². The second kappa shape index (κ2) is 8.24. The van der Waals surface area contributed by atoms with E-state index in [0.29, 0.717) is 35.6 Å². The minimum Gasteiger partial charge on any atom is -0.380 e. The van der Waals surface area contributed by atoms with Crippen molar-refractivity contribution in [3.63, 3.8) is 0 Å². The van der Waals surface area contributed by atoms with Crippen LogP contribution in [-0.2, 0) is 11.3 Å². The average Bonchev–Trinajstić information content (AvgIpc) is 2.98. The lowest BCUT2D eigenvalue weighted by Gasteiger charge is -2.05. The Morgan fingerprint density at radius 3 is 2.78 bits per heavy atom. The van der Waals surface area contributed by atoms with Crippen molar-refractivity contribution < 1.29 is 14.5 Å². The highest BCUT2D eigenvalue weighted by molar-refractivity contribution is 7.16. The van der Waals surface area contributed by atoms with E-state index in [2.05, 4.69) is 4.99 Å². The SMILES string of the molecule is CCOCCn1c(=NC(=O)c2ccccc2C)sc2ccc([N+](=O)[O-])cc21. The van der Waals surface area contributed by atoms with Gasteiger partial charge in [-0.15, -0.1) is 0 Å². The molecule has 1 amide bonds. The molecule has 0 aliphatic rings. The molecule has 0 saturated heterocycles. The molecule has 0 fully saturated rings. The summed E-state index contributed by atoms with van der Waals surface area (Å²) in [7, 11) is 0. The van der Waals surface area contributed by atoms with Crippen LogP contribution in [0.4, 0.5) is 5.69 Å². The number of amides is 1. The molecule has 0 atom stereocenters. The molecule has 3 aromatic rings. The molecule has 0 spiro atoms. The van der Waals surface area contributed by atoms with E-state index in [4.69, 9.17) is 4.74 Å². The van der Waals surface area contributed by atoms with Crippen molar-refractivity contribution >= 4 is 33.1 Å². The molecule has 0 N–H and O–H groups in total. The van der Waals surface area contributed by atoms with Crippen LogP contribution in [0.5, 0.6) is 0 Å². The van der Waals surface area contributed by atoms with Gasteiger partial charge >= 0.3 is 0 Å². The Labute approximate surface area is 159 Å². The fourth-order valence-electron chi connectivity index (χ4n) is 2.73. The van der Waals surface area contributed by atoms with E-state index >= 15 is 0 Å². The summed E-state index contributed by atoms with van der Waals surface area (Å²) in [6.45, 7) is 5.21. The Morgan fingerprint density at radius 2 is 2.07 bits per heavy atom. The Morgan fingerprint density at radius 1 is 1.30 bits per heavy atom. The van der Waals surface area contributed by atoms with Gasteiger partial charge in [0, 0.05) is 30.8 Å². The lowest BCUT2D eigenvalue weighted by Crippen LogP contribution is -2.20. The van der Waals surface area contributed by atoms with Crippen molar-refractivity contribution in [2.24, 2.45) is 4.99 Å². The van der Waals surface area contributed by atoms with E-state index < -0.39 is 4.92 Å². The quantitative estimate of drug-likeness (QED) is 0.368. The van der Waals surface area contributed by atoms with Crippen molar-refractivity contribution in [3.8, 4) is 0 Å². The topological polar surface area (TPSA) is 86.7 Å². The van der Waals surface area contributed by atoms with Gasteiger partial charge < -0.3 is 9.30 Å². The first-order valence-electron chi connectivity index (χ1n) is 8.51. The second-order valence-corrected chi connectivity index (χ2v) is 6.88. The largest absolute Gasteiger partial charge is 0.380 e. The monoisotopic (exact) mass is 385 g/mol. The first-order valence-corrected chi connectivity index (χ1v) is 9.33. The Kier molecular flexibility index (Phi) is 5.78. The van der Waals surface area contributed by atoms with Crippen LogP contribution in [0.3, 0.4) is 0 Å². The molecular formula is C19H19N3O4S. The van der Waals surface area contributed by atoms with Crippen LogP contribution >= 0.6 is 11.3 Å². The summed E-state index contributed by atoms with van der Waals surface area (Å²) >= 11 is 1.33. The molecule has 8 heteroatoms. The number of non-ortho nitro benzene ring substituents is 1. The third kappa shape index (κ3) is 4.12. The molecule has 7 nitrogen and oxygen atoms in total. The molecule has 0 bridgehead atoms. The molecule has 140 valence electrons. The first kappa shape index (κ1) is 18.9. The summed E-state index contributed by atoms with van der Waals surface area (Å²) in [4.78, 5) is 28.1. The van der Waals surface area contributed by atoms with Crippen LogP contribution in [0.1, 0.15) is 22.8 Å². The molecule has 2 aromatic carbocycles. The summed E-state index contributed by atoms with van der Waals surface area (Å²) in [5.74, 6) is -0.334. The molecule has 1 aromatic heterocycles. The maximum atomic E-state index is 12.7. The van der Waals surface area contributed by atoms with E-state index in [0.717, 1.165) is 10.3 Å². The Balaban J connectivity index is 2.12. The predicted molar refractivity (Wildman–Crippen MR) is 104 cm³/mol. The lowest BCUT2D eigenvalue weighted by molar-refractivity contribution is -0.384. The zero-order chi connectivity index (χ0) is 19.4. The Bertz CT molecular complexity index is 1070. The van der Waals surface area contributed by atoms with E-state index in [1.54, 1.807) is 22.8 Å². The van der Waals surface area contributed by atoms with Gasteiger partial charge in [-0.2, -0.15) is 4.99 Å². The number of aromatic nitrogens is 1. The van der Waals surface area contributed by atoms with Crippen molar-refractivity contribution in [3.05, 3.63) is 68.5 Å². The second-order valence-electron chi connectivity index (χ2n) is 5.87. The number of nitrogens with zero attached hydrogens (tertiary/aromatic N) is 3. The number of carbonyl (C=O) groups excluding carboxylic acids is 1. The predicted octanol–water partition coefficient (Wildman–Crippen LogP) is 3.70. The van der Waals surface area contributed by atoms with E-state index in [1.165, 1.54) is 23.5 Å². The van der Waals surface area contributed by atoms with Gasteiger partial charge in [0.1, 0.15) is 0 Å². The van der Waals surface area contributed by atoms with Crippen LogP contribution in [0.25, 0.3) is 10.2 Å². The molecule has 27 heavy (non-hydrogen) atoms. The summed E-state index contributed by atoms with van der Waals surface area (Å²) in [6, 6.07) is 11.9. The molecule has 0 aliphatic heterocycles. The van der Waals surface area contributed by atoms with Gasteiger partial charge in [0.25, 0.3) is 11.6 Å². The van der Waals surface area contributed by atoms with Gasteiger partial charge in [-0.3, -0.25) is 14.9 Å². The van der Waals surface area contributed by atoms with E-state index in [9.17, 15) is 14.9 Å². The van der Waals surface area contributed by atoms with Crippen LogP contribution < -0.4 is 4.80 Å². The number of nitro benzene ring substituents is 1. The summed E-state index contributed by atoms with van der Waals surface area (Å²) < 4.78 is 8.05. The number of ether oxygens (including phenoxy) is 1. The minimum atomic E-state index is -0.431. The van der Waals surface area contributed by atoms with Gasteiger partial charge in [0.2, 0.25) is 0 Å². The zero-order valence-corrected chi connectivity index (χ0v) is 15.9. The van der Waals surface area contributed by atoms with Crippen molar-refractivity contribution in [1.29, 1.82) is 0 Å². The number of nitro groups is 1. The van der Waals surface area contributed by atoms with Crippen molar-refractivity contribution in [2.45, 2.75) is 20.4 Å². The summed E-state index contributed by atoms with van der Waals surface area (Å²) in [5.41, 5.74) is 2.06. The van der Waals surface area contributed by atoms with Gasteiger partial charge in [-0.05, 0) is 31.5 Å². The van der Waals surface area contributed by atoms with Crippen LogP contribution in [-0.4, -0.2) is 28.6 Å². The normalized spacial score (nSPS) is 11.9. The third-order valence-electron chi connectivity index (χ3n) is 4.11. The van der Waals surface area contributed by atoms with Gasteiger partial charge in [0.15, 0.2) is 4.80 Å². The van der Waals surface area contributed by atoms with Gasteiger partial charge in [-0.25, -0.2) is 0 Å². The van der Waals surface area contributed by atoms with Crippen molar-refractivity contribution in [2.75, 3.05) is 13.2 Å². The first-order chi connectivity index (χ1) is 13.0. The zero-order valence-electron chi connectivity index (χ0n) is 15.0. The highest BCUT2D eigenvalue weighted by Crippen LogP contribution is 2.23. The molecule has 1 heterocycles.